The Hall–Kier alpha value is -0.880. The predicted molar refractivity (Wildman–Crippen MR) is 96.2 cm³/mol. The lowest BCUT2D eigenvalue weighted by Gasteiger charge is -2.33. The third-order valence-corrected chi connectivity index (χ3v) is 7.60. The number of aromatic amines is 1. The first-order valence-corrected chi connectivity index (χ1v) is 12.7. The van der Waals surface area contributed by atoms with Gasteiger partial charge in [0, 0.05) is 12.6 Å². The highest BCUT2D eigenvalue weighted by Gasteiger charge is 2.61. The summed E-state index contributed by atoms with van der Waals surface area (Å²) >= 11 is 4.50. The maximum atomic E-state index is 14.8. The first kappa shape index (κ1) is 30.2. The smallest absolute Gasteiger partial charge is 0.389 e. The zero-order valence-corrected chi connectivity index (χ0v) is 19.0. The van der Waals surface area contributed by atoms with E-state index < -0.39 is 77.1 Å². The van der Waals surface area contributed by atoms with Gasteiger partial charge in [-0.2, -0.15) is 26.2 Å². The van der Waals surface area contributed by atoms with Crippen LogP contribution in [0.4, 0.5) is 22.0 Å². The molecule has 0 aliphatic carbocycles. The minimum absolute atomic E-state index is 0.116. The Bertz CT molecular complexity index is 1120. The molecule has 1 aromatic rings. The Labute approximate surface area is 184 Å². The number of nitrogens with one attached hydrogen (secondary N) is 1. The molecule has 23 heteroatoms. The second-order valence-electron chi connectivity index (χ2n) is 5.95. The van der Waals surface area contributed by atoms with Gasteiger partial charge in [0.2, 0.25) is 11.5 Å². The number of H-pyrrole nitrogens is 1. The molecule has 33 heavy (non-hydrogen) atoms. The summed E-state index contributed by atoms with van der Waals surface area (Å²) in [5.41, 5.74) is -6.00. The van der Waals surface area contributed by atoms with Crippen molar-refractivity contribution >= 4 is 35.7 Å². The van der Waals surface area contributed by atoms with Crippen LogP contribution in [0.2, 0.25) is 0 Å². The molecule has 0 radical (unpaired) electrons. The van der Waals surface area contributed by atoms with Gasteiger partial charge >= 0.3 is 29.6 Å². The lowest BCUT2D eigenvalue weighted by molar-refractivity contribution is -0.266. The number of nitrogens with zero attached hydrogens (tertiary/aromatic N) is 1. The molecule has 0 saturated carbocycles. The van der Waals surface area contributed by atoms with Crippen molar-refractivity contribution in [1.29, 1.82) is 0 Å². The van der Waals surface area contributed by atoms with Crippen molar-refractivity contribution in [2.75, 3.05) is 6.61 Å². The average Bonchev–Trinajstić information content (AvgIpc) is 2.54. The van der Waals surface area contributed by atoms with E-state index in [-0.39, 0.29) is 10.8 Å². The minimum Gasteiger partial charge on any atom is -0.389 e. The van der Waals surface area contributed by atoms with Crippen molar-refractivity contribution in [3.05, 3.63) is 27.1 Å². The van der Waals surface area contributed by atoms with Crippen molar-refractivity contribution in [3.8, 4) is 0 Å². The van der Waals surface area contributed by atoms with Crippen molar-refractivity contribution < 1.29 is 73.5 Å². The van der Waals surface area contributed by atoms with Gasteiger partial charge in [-0.3, -0.25) is 14.3 Å². The van der Waals surface area contributed by atoms with Gasteiger partial charge in [-0.05, 0) is 12.2 Å². The van der Waals surface area contributed by atoms with Crippen LogP contribution in [0.5, 0.6) is 0 Å². The maximum absolute atomic E-state index is 14.8. The molecule has 1 heterocycles. The van der Waals surface area contributed by atoms with Gasteiger partial charge < -0.3 is 29.2 Å². The van der Waals surface area contributed by atoms with Crippen LogP contribution < -0.4 is 5.56 Å². The molecule has 1 rings (SSSR count). The molecular formula is C10H14F5N2O12P3S. The van der Waals surface area contributed by atoms with E-state index in [1.807, 2.05) is 0 Å². The van der Waals surface area contributed by atoms with Gasteiger partial charge in [0.15, 0.2) is 4.77 Å². The van der Waals surface area contributed by atoms with Gasteiger partial charge in [0.1, 0.15) is 6.10 Å². The number of aliphatic hydroxyl groups excluding tert-OH is 1. The van der Waals surface area contributed by atoms with Crippen LogP contribution in [0, 0.1) is 10.6 Å². The Kier molecular flexibility index (Phi) is 9.50. The van der Waals surface area contributed by atoms with Gasteiger partial charge in [0.25, 0.3) is 5.56 Å². The lowest BCUT2D eigenvalue weighted by atomic mass is 9.95. The normalized spacial score (nSPS) is 19.3. The molecule has 1 aromatic heterocycles. The largest absolute Gasteiger partial charge is 0.490 e. The van der Waals surface area contributed by atoms with Crippen molar-refractivity contribution in [2.24, 2.45) is 0 Å². The van der Waals surface area contributed by atoms with Gasteiger partial charge in [0.05, 0.1) is 13.2 Å². The quantitative estimate of drug-likeness (QED) is 0.125. The van der Waals surface area contributed by atoms with Crippen molar-refractivity contribution in [3.63, 3.8) is 0 Å². The Morgan fingerprint density at radius 2 is 1.64 bits per heavy atom. The number of alkyl halides is 4. The fourth-order valence-corrected chi connectivity index (χ4v) is 5.28. The van der Waals surface area contributed by atoms with E-state index in [0.717, 1.165) is 0 Å². The summed E-state index contributed by atoms with van der Waals surface area (Å²) in [6, 6.07) is 0. The number of phosphoric acid groups is 3. The molecule has 3 unspecified atom stereocenters. The molecule has 6 N–H and O–H groups in total. The fourth-order valence-electron chi connectivity index (χ4n) is 2.04. The Morgan fingerprint density at radius 1 is 1.09 bits per heavy atom. The van der Waals surface area contributed by atoms with Crippen LogP contribution in [0.3, 0.4) is 0 Å². The molecule has 0 saturated heterocycles. The zero-order chi connectivity index (χ0) is 26.0. The highest BCUT2D eigenvalue weighted by atomic mass is 32.1. The number of hydrogen-bond donors (Lipinski definition) is 6. The van der Waals surface area contributed by atoms with Gasteiger partial charge in [-0.1, -0.05) is 0 Å². The molecule has 14 nitrogen and oxygen atoms in total. The first-order chi connectivity index (χ1) is 14.6. The van der Waals surface area contributed by atoms with Gasteiger partial charge in [-0.25, -0.2) is 18.1 Å². The Balaban J connectivity index is 2.97. The van der Waals surface area contributed by atoms with Crippen LogP contribution >= 0.6 is 35.7 Å². The van der Waals surface area contributed by atoms with Crippen LogP contribution in [0.25, 0.3) is 0 Å². The molecule has 0 aliphatic heterocycles. The number of rotatable bonds is 11. The minimum atomic E-state index is -5.92. The number of hydrogen-bond acceptors (Lipinski definition) is 9. The monoisotopic (exact) mass is 574 g/mol. The van der Waals surface area contributed by atoms with E-state index in [2.05, 4.69) is 25.4 Å². The molecule has 0 bridgehead atoms. The zero-order valence-electron chi connectivity index (χ0n) is 15.5. The molecule has 192 valence electrons. The summed E-state index contributed by atoms with van der Waals surface area (Å²) in [4.78, 5) is 47.6. The topological polar surface area (TPSA) is 218 Å². The summed E-state index contributed by atoms with van der Waals surface area (Å²) in [5.74, 6) is -1.63. The van der Waals surface area contributed by atoms with E-state index in [4.69, 9.17) is 14.7 Å². The molecule has 4 atom stereocenters. The van der Waals surface area contributed by atoms with E-state index in [1.165, 1.54) is 0 Å². The fraction of sp³-hybridized carbons (Fsp3) is 0.600. The van der Waals surface area contributed by atoms with Gasteiger partial charge in [-0.15, -0.1) is 0 Å². The van der Waals surface area contributed by atoms with Crippen LogP contribution in [0.15, 0.2) is 11.0 Å². The summed E-state index contributed by atoms with van der Waals surface area (Å²) in [5, 5.41) is 9.73. The third kappa shape index (κ3) is 9.01. The summed E-state index contributed by atoms with van der Waals surface area (Å²) in [7, 11) is -17.4. The predicted octanol–water partition coefficient (Wildman–Crippen LogP) is 1.41. The molecule has 0 amide bonds. The van der Waals surface area contributed by atoms with E-state index in [0.29, 0.717) is 0 Å². The molecule has 0 aliphatic rings. The third-order valence-electron chi connectivity index (χ3n) is 3.43. The molecule has 0 spiro atoms. The van der Waals surface area contributed by atoms with E-state index >= 15 is 0 Å². The highest BCUT2D eigenvalue weighted by molar-refractivity contribution is 7.71. The summed E-state index contributed by atoms with van der Waals surface area (Å²) in [6.45, 7) is -3.32. The molecule has 0 aromatic carbocycles. The molecule has 0 fully saturated rings. The van der Waals surface area contributed by atoms with E-state index in [1.54, 1.807) is 4.98 Å². The number of phosphoric ester groups is 1. The number of aliphatic hydroxyl groups is 1. The van der Waals surface area contributed by atoms with Crippen molar-refractivity contribution in [2.45, 2.75) is 30.9 Å². The van der Waals surface area contributed by atoms with E-state index in [9.17, 15) is 50.4 Å². The molecular weight excluding hydrogens is 560 g/mol. The average molecular weight is 574 g/mol. The van der Waals surface area contributed by atoms with Crippen molar-refractivity contribution in [1.82, 2.24) is 9.55 Å². The lowest BCUT2D eigenvalue weighted by Crippen LogP contribution is -2.54. The maximum Gasteiger partial charge on any atom is 0.490 e. The van der Waals surface area contributed by atoms with Crippen LogP contribution in [-0.4, -0.2) is 58.8 Å². The second kappa shape index (κ2) is 10.4. The standard InChI is InChI=1S/C10H14F5N2O12P3S/c11-5-3-17(8(33)16-7(5)19)4-9(12,10(13,14)15)6(18)1-2-27-31(23,24)29-32(25,26)28-30(20,21)22/h3,6,18H,1-2,4H2,(H,23,24)(H,25,26)(H,16,19,33)(H2,20,21,22)/t6-,9?/m0/s1. The van der Waals surface area contributed by atoms with Crippen LogP contribution in [-0.2, 0) is 33.4 Å². The summed E-state index contributed by atoms with van der Waals surface area (Å²) < 4.78 is 111. The SMILES string of the molecule is O=c1[nH]c(=S)n(CC(F)([C@@H](O)CCOP(=O)(O)OP(=O)(O)OP(=O)(O)O)C(F)(F)F)cc1F. The first-order valence-electron chi connectivity index (χ1n) is 7.80. The number of halogens is 5. The van der Waals surface area contributed by atoms with Crippen LogP contribution in [0.1, 0.15) is 6.42 Å². The number of aromatic nitrogens is 2. The Morgan fingerprint density at radius 3 is 2.12 bits per heavy atom. The highest BCUT2D eigenvalue weighted by Crippen LogP contribution is 2.66. The second-order valence-corrected chi connectivity index (χ2v) is 10.8. The summed E-state index contributed by atoms with van der Waals surface area (Å²) in [6.07, 6.45) is -10.2.